The van der Waals surface area contributed by atoms with Crippen molar-refractivity contribution in [2.24, 2.45) is 0 Å². The summed E-state index contributed by atoms with van der Waals surface area (Å²) in [5.41, 5.74) is 1.65. The number of aromatic nitrogens is 2. The molecule has 3 rings (SSSR count). The number of para-hydroxylation sites is 1. The van der Waals surface area contributed by atoms with Crippen LogP contribution in [0.2, 0.25) is 10.0 Å². The fraction of sp³-hybridized carbons (Fsp3) is 0.111. The van der Waals surface area contributed by atoms with Crippen LogP contribution in [0.15, 0.2) is 65.1 Å². The molecule has 0 unspecified atom stereocenters. The second-order valence-corrected chi connectivity index (χ2v) is 6.91. The van der Waals surface area contributed by atoms with Crippen molar-refractivity contribution in [1.29, 1.82) is 0 Å². The highest BCUT2D eigenvalue weighted by molar-refractivity contribution is 7.98. The first kappa shape index (κ1) is 17.1. The number of rotatable bonds is 5. The molecule has 0 N–H and O–H groups in total. The van der Waals surface area contributed by atoms with Crippen molar-refractivity contribution in [3.63, 3.8) is 0 Å². The fourth-order valence-corrected chi connectivity index (χ4v) is 3.60. The predicted octanol–water partition coefficient (Wildman–Crippen LogP) is 5.18. The summed E-state index contributed by atoms with van der Waals surface area (Å²) >= 11 is 13.5. The number of thioether (sulfide) groups is 1. The molecule has 0 fully saturated rings. The summed E-state index contributed by atoms with van der Waals surface area (Å²) in [6, 6.07) is 12.9. The van der Waals surface area contributed by atoms with Crippen molar-refractivity contribution in [1.82, 2.24) is 9.55 Å². The van der Waals surface area contributed by atoms with E-state index < -0.39 is 0 Å². The Labute approximate surface area is 153 Å². The molecule has 0 aliphatic carbocycles. The number of fused-ring (bicyclic) bond motifs is 1. The molecule has 0 saturated carbocycles. The number of hydrogen-bond acceptors (Lipinski definition) is 3. The summed E-state index contributed by atoms with van der Waals surface area (Å²) in [6.07, 6.45) is 1.70. The van der Waals surface area contributed by atoms with Crippen molar-refractivity contribution in [3.8, 4) is 0 Å². The van der Waals surface area contributed by atoms with E-state index in [4.69, 9.17) is 23.2 Å². The highest BCUT2D eigenvalue weighted by atomic mass is 35.5. The fourth-order valence-electron chi connectivity index (χ4n) is 2.33. The molecule has 3 aromatic rings. The van der Waals surface area contributed by atoms with Crippen LogP contribution < -0.4 is 5.56 Å². The van der Waals surface area contributed by atoms with Crippen LogP contribution >= 0.6 is 35.0 Å². The smallest absolute Gasteiger partial charge is 0.262 e. The van der Waals surface area contributed by atoms with E-state index in [0.29, 0.717) is 38.4 Å². The Morgan fingerprint density at radius 3 is 2.71 bits per heavy atom. The second-order valence-electron chi connectivity index (χ2n) is 5.15. The van der Waals surface area contributed by atoms with Crippen molar-refractivity contribution < 1.29 is 0 Å². The van der Waals surface area contributed by atoms with E-state index in [2.05, 4.69) is 11.6 Å². The van der Waals surface area contributed by atoms with E-state index in [1.165, 1.54) is 11.8 Å². The van der Waals surface area contributed by atoms with Crippen LogP contribution in [0, 0.1) is 0 Å². The van der Waals surface area contributed by atoms with Gasteiger partial charge in [0.1, 0.15) is 0 Å². The van der Waals surface area contributed by atoms with Crippen molar-refractivity contribution in [2.45, 2.75) is 17.5 Å². The van der Waals surface area contributed by atoms with Crippen LogP contribution in [0.1, 0.15) is 5.56 Å². The van der Waals surface area contributed by atoms with Crippen molar-refractivity contribution in [2.75, 3.05) is 0 Å². The Balaban J connectivity index is 1.98. The highest BCUT2D eigenvalue weighted by Gasteiger charge is 2.11. The lowest BCUT2D eigenvalue weighted by Gasteiger charge is -2.11. The molecule has 6 heteroatoms. The summed E-state index contributed by atoms with van der Waals surface area (Å²) in [4.78, 5) is 17.3. The molecule has 24 heavy (non-hydrogen) atoms. The van der Waals surface area contributed by atoms with Crippen LogP contribution in [-0.2, 0) is 12.3 Å². The lowest BCUT2D eigenvalue weighted by Crippen LogP contribution is -2.22. The average molecular weight is 377 g/mol. The Morgan fingerprint density at radius 2 is 1.96 bits per heavy atom. The van der Waals surface area contributed by atoms with Crippen LogP contribution in [-0.4, -0.2) is 9.55 Å². The van der Waals surface area contributed by atoms with Gasteiger partial charge in [0.2, 0.25) is 0 Å². The zero-order valence-electron chi connectivity index (χ0n) is 12.7. The van der Waals surface area contributed by atoms with Gasteiger partial charge in [-0.2, -0.15) is 0 Å². The normalized spacial score (nSPS) is 10.9. The van der Waals surface area contributed by atoms with Crippen molar-refractivity contribution in [3.05, 3.63) is 81.1 Å². The van der Waals surface area contributed by atoms with Gasteiger partial charge in [0.15, 0.2) is 5.16 Å². The molecule has 0 aliphatic rings. The van der Waals surface area contributed by atoms with Crippen LogP contribution in [0.3, 0.4) is 0 Å². The predicted molar refractivity (Wildman–Crippen MR) is 102 cm³/mol. The molecule has 1 aromatic heterocycles. The zero-order chi connectivity index (χ0) is 17.1. The largest absolute Gasteiger partial charge is 0.283 e. The molecule has 0 spiro atoms. The third kappa shape index (κ3) is 3.51. The van der Waals surface area contributed by atoms with Gasteiger partial charge >= 0.3 is 0 Å². The zero-order valence-corrected chi connectivity index (χ0v) is 15.0. The maximum Gasteiger partial charge on any atom is 0.262 e. The number of benzene rings is 2. The molecular formula is C18H14Cl2N2OS. The Hall–Kier alpha value is -1.75. The first-order chi connectivity index (χ1) is 11.6. The van der Waals surface area contributed by atoms with Gasteiger partial charge in [0.05, 0.1) is 20.9 Å². The Bertz CT molecular complexity index is 969. The number of halogens is 2. The molecule has 0 saturated heterocycles. The number of allylic oxidation sites excluding steroid dienone is 1. The third-order valence-electron chi connectivity index (χ3n) is 3.49. The summed E-state index contributed by atoms with van der Waals surface area (Å²) in [5, 5.41) is 2.31. The van der Waals surface area contributed by atoms with E-state index in [-0.39, 0.29) is 5.56 Å². The van der Waals surface area contributed by atoms with Gasteiger partial charge < -0.3 is 0 Å². The van der Waals surface area contributed by atoms with Gasteiger partial charge in [-0.25, -0.2) is 4.98 Å². The number of hydrogen-bond donors (Lipinski definition) is 0. The summed E-state index contributed by atoms with van der Waals surface area (Å²) < 4.78 is 1.64. The summed E-state index contributed by atoms with van der Waals surface area (Å²) in [6.45, 7) is 4.15. The van der Waals surface area contributed by atoms with Gasteiger partial charge in [-0.1, -0.05) is 59.2 Å². The summed E-state index contributed by atoms with van der Waals surface area (Å²) in [7, 11) is 0. The first-order valence-electron chi connectivity index (χ1n) is 7.27. The molecule has 0 atom stereocenters. The van der Waals surface area contributed by atoms with Crippen molar-refractivity contribution >= 4 is 45.9 Å². The van der Waals surface area contributed by atoms with Gasteiger partial charge in [0, 0.05) is 12.3 Å². The molecule has 2 aromatic carbocycles. The molecule has 0 aliphatic heterocycles. The third-order valence-corrected chi connectivity index (χ3v) is 5.28. The quantitative estimate of drug-likeness (QED) is 0.349. The van der Waals surface area contributed by atoms with Gasteiger partial charge in [-0.15, -0.1) is 6.58 Å². The minimum atomic E-state index is -0.0582. The van der Waals surface area contributed by atoms with Gasteiger partial charge in [0.25, 0.3) is 5.56 Å². The molecule has 0 bridgehead atoms. The lowest BCUT2D eigenvalue weighted by atomic mass is 10.2. The molecule has 0 amide bonds. The van der Waals surface area contributed by atoms with Gasteiger partial charge in [-0.3, -0.25) is 9.36 Å². The summed E-state index contributed by atoms with van der Waals surface area (Å²) in [5.74, 6) is 0.638. The first-order valence-corrected chi connectivity index (χ1v) is 9.01. The van der Waals surface area contributed by atoms with Gasteiger partial charge in [-0.05, 0) is 29.8 Å². The standard InChI is InChI=1S/C18H14Cl2N2OS/c1-2-9-22-17(23)13-5-3-4-6-16(13)21-18(22)24-11-12-7-8-14(19)15(20)10-12/h2-8,10H,1,9,11H2. The van der Waals surface area contributed by atoms with E-state index in [1.54, 1.807) is 22.8 Å². The monoisotopic (exact) mass is 376 g/mol. The average Bonchev–Trinajstić information content (AvgIpc) is 2.59. The van der Waals surface area contributed by atoms with E-state index >= 15 is 0 Å². The molecular weight excluding hydrogens is 363 g/mol. The SMILES string of the molecule is C=CCn1c(SCc2ccc(Cl)c(Cl)c2)nc2ccccc2c1=O. The second kappa shape index (κ2) is 7.43. The lowest BCUT2D eigenvalue weighted by molar-refractivity contribution is 0.671. The van der Waals surface area contributed by atoms with E-state index in [0.717, 1.165) is 5.56 Å². The molecule has 1 heterocycles. The topological polar surface area (TPSA) is 34.9 Å². The minimum absolute atomic E-state index is 0.0582. The molecule has 3 nitrogen and oxygen atoms in total. The van der Waals surface area contributed by atoms with Crippen LogP contribution in [0.5, 0.6) is 0 Å². The molecule has 0 radical (unpaired) electrons. The maximum absolute atomic E-state index is 12.7. The molecule has 122 valence electrons. The van der Waals surface area contributed by atoms with E-state index in [9.17, 15) is 4.79 Å². The Morgan fingerprint density at radius 1 is 1.17 bits per heavy atom. The highest BCUT2D eigenvalue weighted by Crippen LogP contribution is 2.27. The minimum Gasteiger partial charge on any atom is -0.283 e. The number of nitrogens with zero attached hydrogens (tertiary/aromatic N) is 2. The maximum atomic E-state index is 12.7. The Kier molecular flexibility index (Phi) is 5.29. The van der Waals surface area contributed by atoms with E-state index in [1.807, 2.05) is 30.3 Å². The van der Waals surface area contributed by atoms with Crippen LogP contribution in [0.4, 0.5) is 0 Å². The van der Waals surface area contributed by atoms with Crippen LogP contribution in [0.25, 0.3) is 10.9 Å².